The average molecular weight is 258 g/mol. The summed E-state index contributed by atoms with van der Waals surface area (Å²) in [7, 11) is 0. The second-order valence-electron chi connectivity index (χ2n) is 3.91. The Bertz CT molecular complexity index is 691. The average Bonchev–Trinajstić information content (AvgIpc) is 2.94. The Morgan fingerprint density at radius 1 is 1.12 bits per heavy atom. The molecular formula is C14H10OS2. The van der Waals surface area contributed by atoms with Crippen LogP contribution in [0.25, 0.3) is 10.1 Å². The molecule has 1 aromatic carbocycles. The fourth-order valence-corrected chi connectivity index (χ4v) is 3.70. The van der Waals surface area contributed by atoms with Crippen molar-refractivity contribution in [2.75, 3.05) is 0 Å². The van der Waals surface area contributed by atoms with E-state index in [0.717, 1.165) is 21.4 Å². The zero-order chi connectivity index (χ0) is 11.8. The molecule has 0 radical (unpaired) electrons. The zero-order valence-electron chi connectivity index (χ0n) is 9.27. The van der Waals surface area contributed by atoms with Gasteiger partial charge in [0, 0.05) is 21.0 Å². The van der Waals surface area contributed by atoms with E-state index < -0.39 is 0 Å². The topological polar surface area (TPSA) is 17.1 Å². The molecular weight excluding hydrogens is 248 g/mol. The van der Waals surface area contributed by atoms with Gasteiger partial charge in [0.2, 0.25) is 5.78 Å². The third-order valence-corrected chi connectivity index (χ3v) is 4.77. The molecule has 0 spiro atoms. The summed E-state index contributed by atoms with van der Waals surface area (Å²) < 4.78 is 1.17. The summed E-state index contributed by atoms with van der Waals surface area (Å²) >= 11 is 3.15. The number of benzene rings is 1. The summed E-state index contributed by atoms with van der Waals surface area (Å²) in [5, 5.41) is 5.00. The molecule has 0 saturated carbocycles. The van der Waals surface area contributed by atoms with E-state index in [4.69, 9.17) is 0 Å². The zero-order valence-corrected chi connectivity index (χ0v) is 10.9. The van der Waals surface area contributed by atoms with Crippen LogP contribution < -0.4 is 0 Å². The first-order chi connectivity index (χ1) is 8.27. The molecule has 2 heterocycles. The van der Waals surface area contributed by atoms with Crippen molar-refractivity contribution in [2.24, 2.45) is 0 Å². The fraction of sp³-hybridized carbons (Fsp3) is 0.0714. The van der Waals surface area contributed by atoms with E-state index in [0.29, 0.717) is 0 Å². The largest absolute Gasteiger partial charge is 0.288 e. The van der Waals surface area contributed by atoms with Gasteiger partial charge in [-0.15, -0.1) is 22.7 Å². The van der Waals surface area contributed by atoms with Gasteiger partial charge in [-0.3, -0.25) is 4.79 Å². The minimum absolute atomic E-state index is 0.148. The Balaban J connectivity index is 2.17. The fourth-order valence-electron chi connectivity index (χ4n) is 1.88. The van der Waals surface area contributed by atoms with Crippen LogP contribution in [0.5, 0.6) is 0 Å². The van der Waals surface area contributed by atoms with Crippen LogP contribution in [0.4, 0.5) is 0 Å². The van der Waals surface area contributed by atoms with Crippen molar-refractivity contribution in [3.63, 3.8) is 0 Å². The molecule has 3 aromatic rings. The highest BCUT2D eigenvalue weighted by Crippen LogP contribution is 2.29. The van der Waals surface area contributed by atoms with E-state index >= 15 is 0 Å². The Hall–Kier alpha value is -1.45. The first kappa shape index (κ1) is 10.7. The molecule has 0 atom stereocenters. The van der Waals surface area contributed by atoms with E-state index in [9.17, 15) is 4.79 Å². The SMILES string of the molecule is Cc1ccsc1C(=O)c1csc2ccccc12. The van der Waals surface area contributed by atoms with Gasteiger partial charge in [-0.2, -0.15) is 0 Å². The highest BCUT2D eigenvalue weighted by atomic mass is 32.1. The van der Waals surface area contributed by atoms with E-state index in [1.165, 1.54) is 16.0 Å². The Kier molecular flexibility index (Phi) is 2.57. The molecule has 1 nitrogen and oxygen atoms in total. The maximum absolute atomic E-state index is 12.4. The van der Waals surface area contributed by atoms with Crippen molar-refractivity contribution >= 4 is 38.5 Å². The summed E-state index contributed by atoms with van der Waals surface area (Å²) in [5.74, 6) is 0.148. The molecule has 0 aliphatic rings. The van der Waals surface area contributed by atoms with Crippen LogP contribution in [0, 0.1) is 6.92 Å². The standard InChI is InChI=1S/C14H10OS2/c1-9-6-7-16-14(9)13(15)11-8-17-12-5-3-2-4-10(11)12/h2-8H,1H3. The molecule has 3 rings (SSSR count). The van der Waals surface area contributed by atoms with Gasteiger partial charge >= 0.3 is 0 Å². The Labute approximate surface area is 107 Å². The first-order valence-electron chi connectivity index (χ1n) is 5.32. The van der Waals surface area contributed by atoms with Crippen LogP contribution >= 0.6 is 22.7 Å². The van der Waals surface area contributed by atoms with Gasteiger partial charge in [0.1, 0.15) is 0 Å². The van der Waals surface area contributed by atoms with E-state index in [2.05, 4.69) is 6.07 Å². The van der Waals surface area contributed by atoms with Gasteiger partial charge in [0.25, 0.3) is 0 Å². The molecule has 0 saturated heterocycles. The highest BCUT2D eigenvalue weighted by molar-refractivity contribution is 7.18. The normalized spacial score (nSPS) is 10.9. The summed E-state index contributed by atoms with van der Waals surface area (Å²) in [6, 6.07) is 10.0. The van der Waals surface area contributed by atoms with Crippen molar-refractivity contribution in [2.45, 2.75) is 6.92 Å². The second-order valence-corrected chi connectivity index (χ2v) is 5.73. The summed E-state index contributed by atoms with van der Waals surface area (Å²) in [6.45, 7) is 1.98. The van der Waals surface area contributed by atoms with E-state index in [1.807, 2.05) is 41.9 Å². The quantitative estimate of drug-likeness (QED) is 0.618. The van der Waals surface area contributed by atoms with Gasteiger partial charge in [-0.1, -0.05) is 18.2 Å². The highest BCUT2D eigenvalue weighted by Gasteiger charge is 2.16. The molecule has 0 aliphatic carbocycles. The molecule has 0 N–H and O–H groups in total. The summed E-state index contributed by atoms with van der Waals surface area (Å²) in [5.41, 5.74) is 1.89. The number of thiophene rings is 2. The number of ketones is 1. The van der Waals surface area contributed by atoms with Crippen LogP contribution in [0.3, 0.4) is 0 Å². The molecule has 0 bridgehead atoms. The maximum atomic E-state index is 12.4. The van der Waals surface area contributed by atoms with Gasteiger partial charge in [0.05, 0.1) is 4.88 Å². The third kappa shape index (κ3) is 1.72. The summed E-state index contributed by atoms with van der Waals surface area (Å²) in [6.07, 6.45) is 0. The van der Waals surface area contributed by atoms with Crippen LogP contribution in [-0.4, -0.2) is 5.78 Å². The molecule has 0 fully saturated rings. The van der Waals surface area contributed by atoms with Crippen molar-refractivity contribution < 1.29 is 4.79 Å². The number of carbonyl (C=O) groups is 1. The van der Waals surface area contributed by atoms with Gasteiger partial charge < -0.3 is 0 Å². The predicted octanol–water partition coefficient (Wildman–Crippen LogP) is 4.50. The van der Waals surface area contributed by atoms with Gasteiger partial charge in [0.15, 0.2) is 0 Å². The number of carbonyl (C=O) groups excluding carboxylic acids is 1. The molecule has 17 heavy (non-hydrogen) atoms. The summed E-state index contributed by atoms with van der Waals surface area (Å²) in [4.78, 5) is 13.3. The Morgan fingerprint density at radius 3 is 2.71 bits per heavy atom. The van der Waals surface area contributed by atoms with Crippen LogP contribution in [0.2, 0.25) is 0 Å². The minimum Gasteiger partial charge on any atom is -0.288 e. The van der Waals surface area contributed by atoms with Crippen molar-refractivity contribution in [1.29, 1.82) is 0 Å². The lowest BCUT2D eigenvalue weighted by Gasteiger charge is -1.98. The van der Waals surface area contributed by atoms with Crippen molar-refractivity contribution in [3.8, 4) is 0 Å². The van der Waals surface area contributed by atoms with Crippen LogP contribution in [0.15, 0.2) is 41.1 Å². The van der Waals surface area contributed by atoms with Gasteiger partial charge in [-0.25, -0.2) is 0 Å². The number of hydrogen-bond donors (Lipinski definition) is 0. The number of rotatable bonds is 2. The van der Waals surface area contributed by atoms with Gasteiger partial charge in [-0.05, 0) is 30.0 Å². The monoisotopic (exact) mass is 258 g/mol. The Morgan fingerprint density at radius 2 is 1.94 bits per heavy atom. The first-order valence-corrected chi connectivity index (χ1v) is 7.08. The molecule has 3 heteroatoms. The lowest BCUT2D eigenvalue weighted by Crippen LogP contribution is -1.98. The van der Waals surface area contributed by atoms with Crippen molar-refractivity contribution in [3.05, 3.63) is 57.1 Å². The van der Waals surface area contributed by atoms with Crippen molar-refractivity contribution in [1.82, 2.24) is 0 Å². The third-order valence-electron chi connectivity index (χ3n) is 2.79. The molecule has 0 aliphatic heterocycles. The lowest BCUT2D eigenvalue weighted by atomic mass is 10.1. The van der Waals surface area contributed by atoms with Crippen LogP contribution in [0.1, 0.15) is 20.8 Å². The van der Waals surface area contributed by atoms with E-state index in [1.54, 1.807) is 11.3 Å². The number of hydrogen-bond acceptors (Lipinski definition) is 3. The van der Waals surface area contributed by atoms with E-state index in [-0.39, 0.29) is 5.78 Å². The molecule has 0 amide bonds. The maximum Gasteiger partial charge on any atom is 0.204 e. The molecule has 84 valence electrons. The lowest BCUT2D eigenvalue weighted by molar-refractivity contribution is 0.104. The second kappa shape index (κ2) is 4.09. The number of fused-ring (bicyclic) bond motifs is 1. The van der Waals surface area contributed by atoms with Crippen LogP contribution in [-0.2, 0) is 0 Å². The molecule has 0 unspecified atom stereocenters. The minimum atomic E-state index is 0.148. The number of aryl methyl sites for hydroxylation is 1. The predicted molar refractivity (Wildman–Crippen MR) is 74.3 cm³/mol. The smallest absolute Gasteiger partial charge is 0.204 e. The molecule has 2 aromatic heterocycles.